The third-order valence-corrected chi connectivity index (χ3v) is 7.05. The van der Waals surface area contributed by atoms with Gasteiger partial charge in [0.2, 0.25) is 5.91 Å². The van der Waals surface area contributed by atoms with Gasteiger partial charge in [-0.25, -0.2) is 9.59 Å². The van der Waals surface area contributed by atoms with E-state index in [2.05, 4.69) is 19.0 Å². The van der Waals surface area contributed by atoms with Gasteiger partial charge in [-0.2, -0.15) is 4.79 Å². The number of carboxylic acid groups (broad SMARTS) is 1. The molecule has 21 heteroatoms. The molecular formula is C22H29N5O13P2S. The standard InChI is InChI=1S/C12H12NO6PS.C7H10N3O4P.C3H7NO3/c14-11-10(21-19-17-7-4-2-1-3-5-7)9(18-20)8-12(15)16-6-13(8)11;1-4(9-8)6(11)10-3-13-7(12)5(10)2-14-15;4-2(1-5)3(6)7/h1-5,8-10H,6,20H2;5H,2-3,15H2,1H3;2,5H,1,4H2,(H,6,7)/t8-,9+,10?;;2-/m0.0/s1. The normalized spacial score (nSPS) is 22.6. The first-order valence-electron chi connectivity index (χ1n) is 12.0. The number of ether oxygens (including phenoxy) is 2. The molecule has 0 spiro atoms. The van der Waals surface area contributed by atoms with Gasteiger partial charge in [-0.05, 0) is 12.1 Å². The number of aliphatic hydroxyl groups excluding tert-OH is 1. The number of carbonyl (C=O) groups is 5. The van der Waals surface area contributed by atoms with Gasteiger partial charge in [0.1, 0.15) is 17.4 Å². The van der Waals surface area contributed by atoms with Crippen molar-refractivity contribution in [3.05, 3.63) is 35.9 Å². The molecule has 1 aromatic rings. The van der Waals surface area contributed by atoms with Crippen molar-refractivity contribution in [2.75, 3.05) is 26.7 Å². The van der Waals surface area contributed by atoms with Gasteiger partial charge >= 0.3 is 29.5 Å². The number of para-hydroxylation sites is 1. The highest BCUT2D eigenvalue weighted by atomic mass is 32.2. The van der Waals surface area contributed by atoms with Gasteiger partial charge in [0.25, 0.3) is 0 Å². The second kappa shape index (κ2) is 17.8. The smallest absolute Gasteiger partial charge is 0.353 e. The third kappa shape index (κ3) is 9.63. The third-order valence-electron chi connectivity index (χ3n) is 5.72. The SMILES string of the molecule is CC(=[N+]=[N-])C(=O)N1COC(=O)C1COP.N[C@@H](CO)C(=O)O.O=C1OCN2C(=O)C(SOOc3ccccc3)[C@H](OP)[C@@H]12. The summed E-state index contributed by atoms with van der Waals surface area (Å²) >= 11 is 0.819. The number of aliphatic hydroxyl groups is 1. The molecule has 7 atom stereocenters. The number of nitrogens with two attached hydrogens (primary N) is 1. The summed E-state index contributed by atoms with van der Waals surface area (Å²) in [5, 5.41) is 15.2. The molecule has 43 heavy (non-hydrogen) atoms. The van der Waals surface area contributed by atoms with Crippen LogP contribution in [0, 0.1) is 0 Å². The average Bonchev–Trinajstić information content (AvgIpc) is 3.66. The van der Waals surface area contributed by atoms with Crippen LogP contribution in [0.4, 0.5) is 0 Å². The maximum Gasteiger partial charge on any atom is 0.353 e. The number of carbonyl (C=O) groups excluding carboxylic acids is 4. The molecule has 0 radical (unpaired) electrons. The van der Waals surface area contributed by atoms with Crippen LogP contribution < -0.4 is 10.6 Å². The summed E-state index contributed by atoms with van der Waals surface area (Å²) in [4.78, 5) is 66.5. The summed E-state index contributed by atoms with van der Waals surface area (Å²) in [5.41, 5.74) is 13.1. The Balaban J connectivity index is 0.000000256. The van der Waals surface area contributed by atoms with Crippen molar-refractivity contribution in [1.29, 1.82) is 0 Å². The Bertz CT molecular complexity index is 1210. The predicted octanol–water partition coefficient (Wildman–Crippen LogP) is -1.50. The van der Waals surface area contributed by atoms with Gasteiger partial charge in [-0.1, -0.05) is 18.2 Å². The number of fused-ring (bicyclic) bond motifs is 1. The first-order valence-corrected chi connectivity index (χ1v) is 13.7. The van der Waals surface area contributed by atoms with Crippen LogP contribution in [0.25, 0.3) is 5.53 Å². The highest BCUT2D eigenvalue weighted by Gasteiger charge is 2.57. The average molecular weight is 666 g/mol. The Kier molecular flexibility index (Phi) is 14.9. The summed E-state index contributed by atoms with van der Waals surface area (Å²) in [6.45, 7) is 0.652. The van der Waals surface area contributed by atoms with Gasteiger partial charge < -0.3 is 44.9 Å². The number of esters is 2. The number of amides is 2. The fourth-order valence-corrected chi connectivity index (χ4v) is 4.80. The lowest BCUT2D eigenvalue weighted by Gasteiger charge is -2.16. The number of cyclic esters (lactones) is 2. The number of nitrogens with zero attached hydrogens (tertiary/aromatic N) is 4. The molecule has 0 aliphatic carbocycles. The van der Waals surface area contributed by atoms with Gasteiger partial charge in [-0.3, -0.25) is 24.2 Å². The molecule has 4 N–H and O–H groups in total. The minimum atomic E-state index is -1.18. The zero-order valence-electron chi connectivity index (χ0n) is 22.4. The van der Waals surface area contributed by atoms with E-state index >= 15 is 0 Å². The van der Waals surface area contributed by atoms with Crippen LogP contribution in [0.3, 0.4) is 0 Å². The molecule has 2 amide bonds. The predicted molar refractivity (Wildman–Crippen MR) is 150 cm³/mol. The molecule has 18 nitrogen and oxygen atoms in total. The van der Waals surface area contributed by atoms with E-state index in [9.17, 15) is 24.0 Å². The lowest BCUT2D eigenvalue weighted by Crippen LogP contribution is -2.43. The topological polar surface area (TPSA) is 250 Å². The van der Waals surface area contributed by atoms with E-state index in [1.807, 2.05) is 15.5 Å². The van der Waals surface area contributed by atoms with E-state index in [1.165, 1.54) is 11.8 Å². The summed E-state index contributed by atoms with van der Waals surface area (Å²) in [5.74, 6) is -2.50. The Hall–Kier alpha value is -3.24. The summed E-state index contributed by atoms with van der Waals surface area (Å²) < 4.78 is 24.4. The molecule has 3 fully saturated rings. The van der Waals surface area contributed by atoms with Crippen molar-refractivity contribution >= 4 is 66.4 Å². The van der Waals surface area contributed by atoms with Crippen LogP contribution in [0.15, 0.2) is 30.3 Å². The van der Waals surface area contributed by atoms with Crippen LogP contribution in [0.1, 0.15) is 6.92 Å². The second-order valence-corrected chi connectivity index (χ2v) is 9.90. The van der Waals surface area contributed by atoms with Crippen molar-refractivity contribution in [1.82, 2.24) is 9.80 Å². The van der Waals surface area contributed by atoms with Gasteiger partial charge in [0, 0.05) is 25.9 Å². The maximum atomic E-state index is 12.2. The highest BCUT2D eigenvalue weighted by molar-refractivity contribution is 7.96. The first-order chi connectivity index (χ1) is 20.5. The number of rotatable bonds is 10. The van der Waals surface area contributed by atoms with E-state index in [4.69, 9.17) is 44.5 Å². The molecule has 1 aromatic carbocycles. The van der Waals surface area contributed by atoms with Crippen LogP contribution in [0.5, 0.6) is 5.75 Å². The van der Waals surface area contributed by atoms with Crippen LogP contribution in [0.2, 0.25) is 0 Å². The molecule has 4 rings (SSSR count). The van der Waals surface area contributed by atoms with Crippen LogP contribution in [-0.2, 0) is 46.8 Å². The number of hydrogen-bond acceptors (Lipinski definition) is 14. The van der Waals surface area contributed by atoms with Crippen molar-refractivity contribution in [2.24, 2.45) is 5.73 Å². The van der Waals surface area contributed by atoms with Gasteiger partial charge in [0.15, 0.2) is 31.3 Å². The molecule has 3 aliphatic heterocycles. The molecule has 3 heterocycles. The molecule has 0 saturated carbocycles. The van der Waals surface area contributed by atoms with E-state index in [-0.39, 0.29) is 31.7 Å². The van der Waals surface area contributed by atoms with Crippen molar-refractivity contribution < 1.29 is 66.7 Å². The molecule has 0 aromatic heterocycles. The second-order valence-electron chi connectivity index (χ2n) is 8.46. The summed E-state index contributed by atoms with van der Waals surface area (Å²) in [6.07, 6.45) is -0.665. The zero-order valence-corrected chi connectivity index (χ0v) is 25.5. The minimum absolute atomic E-state index is 0.0218. The van der Waals surface area contributed by atoms with Crippen molar-refractivity contribution in [2.45, 2.75) is 36.4 Å². The Morgan fingerprint density at radius 3 is 2.37 bits per heavy atom. The summed E-state index contributed by atoms with van der Waals surface area (Å²) in [7, 11) is 4.05. The molecule has 3 saturated heterocycles. The van der Waals surface area contributed by atoms with E-state index in [1.54, 1.807) is 24.3 Å². The van der Waals surface area contributed by atoms with E-state index < -0.39 is 59.9 Å². The lowest BCUT2D eigenvalue weighted by molar-refractivity contribution is -0.141. The maximum absolute atomic E-state index is 12.2. The Morgan fingerprint density at radius 1 is 1.19 bits per heavy atom. The van der Waals surface area contributed by atoms with Gasteiger partial charge in [-0.15, -0.1) is 4.33 Å². The minimum Gasteiger partial charge on any atom is -0.480 e. The number of hydrogen-bond donors (Lipinski definition) is 3. The monoisotopic (exact) mass is 665 g/mol. The van der Waals surface area contributed by atoms with Gasteiger partial charge in [0.05, 0.1) is 25.3 Å². The Labute approximate surface area is 253 Å². The first kappa shape index (κ1) is 36.0. The molecule has 0 bridgehead atoms. The van der Waals surface area contributed by atoms with Crippen LogP contribution in [-0.4, -0.2) is 116 Å². The Morgan fingerprint density at radius 2 is 1.84 bits per heavy atom. The van der Waals surface area contributed by atoms with Crippen LogP contribution >= 0.6 is 31.0 Å². The van der Waals surface area contributed by atoms with E-state index in [0.717, 1.165) is 16.9 Å². The molecular weight excluding hydrogens is 636 g/mol. The number of carboxylic acids is 1. The van der Waals surface area contributed by atoms with E-state index in [0.29, 0.717) is 5.75 Å². The fraction of sp³-hybridized carbons (Fsp3) is 0.455. The highest BCUT2D eigenvalue weighted by Crippen LogP contribution is 2.36. The zero-order chi connectivity index (χ0) is 32.1. The fourth-order valence-electron chi connectivity index (χ4n) is 3.45. The summed E-state index contributed by atoms with van der Waals surface area (Å²) in [6, 6.07) is 6.24. The molecule has 4 unspecified atom stereocenters. The van der Waals surface area contributed by atoms with Crippen molar-refractivity contribution in [3.63, 3.8) is 0 Å². The van der Waals surface area contributed by atoms with Crippen molar-refractivity contribution in [3.8, 4) is 5.75 Å². The molecule has 3 aliphatic rings. The largest absolute Gasteiger partial charge is 0.480 e. The number of benzene rings is 1. The quantitative estimate of drug-likeness (QED) is 0.0376. The number of aliphatic carboxylic acids is 1. The lowest BCUT2D eigenvalue weighted by atomic mass is 10.2. The molecule has 236 valence electrons.